The van der Waals surface area contributed by atoms with Gasteiger partial charge in [0.05, 0.1) is 23.0 Å². The van der Waals surface area contributed by atoms with Gasteiger partial charge in [-0.1, -0.05) is 56.3 Å². The number of thiophene rings is 1. The third kappa shape index (κ3) is 4.08. The molecular formula is C25H25N3O2S. The zero-order valence-corrected chi connectivity index (χ0v) is 18.4. The zero-order chi connectivity index (χ0) is 21.2. The minimum absolute atomic E-state index is 0.0233. The van der Waals surface area contributed by atoms with Crippen molar-refractivity contribution in [2.75, 3.05) is 18.5 Å². The smallest absolute Gasteiger partial charge is 0.229 e. The molecule has 3 heterocycles. The number of para-hydroxylation sites is 1. The minimum Gasteiger partial charge on any atom is -0.475 e. The van der Waals surface area contributed by atoms with Gasteiger partial charge in [0.25, 0.3) is 0 Å². The molecule has 0 fully saturated rings. The van der Waals surface area contributed by atoms with Gasteiger partial charge in [0, 0.05) is 0 Å². The first-order chi connectivity index (χ1) is 15.2. The summed E-state index contributed by atoms with van der Waals surface area (Å²) in [6.45, 7) is 5.55. The van der Waals surface area contributed by atoms with E-state index < -0.39 is 0 Å². The minimum atomic E-state index is 0.0233. The highest BCUT2D eigenvalue weighted by molar-refractivity contribution is 7.12. The molecular weight excluding hydrogens is 406 g/mol. The Hall–Kier alpha value is -3.12. The predicted octanol–water partition coefficient (Wildman–Crippen LogP) is 5.81. The van der Waals surface area contributed by atoms with Crippen LogP contribution in [0.3, 0.4) is 0 Å². The van der Waals surface area contributed by atoms with E-state index in [1.165, 1.54) is 5.56 Å². The summed E-state index contributed by atoms with van der Waals surface area (Å²) < 4.78 is 11.9. The molecule has 0 saturated carbocycles. The summed E-state index contributed by atoms with van der Waals surface area (Å²) in [6.07, 6.45) is 0. The van der Waals surface area contributed by atoms with Crippen molar-refractivity contribution in [1.29, 1.82) is 0 Å². The fourth-order valence-electron chi connectivity index (χ4n) is 3.72. The number of nitrogens with zero attached hydrogens (tertiary/aromatic N) is 2. The lowest BCUT2D eigenvalue weighted by molar-refractivity contribution is 0.292. The Bertz CT molecular complexity index is 1120. The number of nitrogens with one attached hydrogen (secondary N) is 1. The molecule has 5 nitrogen and oxygen atoms in total. The maximum absolute atomic E-state index is 6.00. The average Bonchev–Trinajstić information content (AvgIpc) is 3.55. The second-order valence-electron chi connectivity index (χ2n) is 8.06. The van der Waals surface area contributed by atoms with Crippen LogP contribution in [0.1, 0.15) is 35.9 Å². The van der Waals surface area contributed by atoms with E-state index >= 15 is 0 Å². The van der Waals surface area contributed by atoms with Crippen molar-refractivity contribution < 1.29 is 9.47 Å². The molecule has 0 spiro atoms. The lowest BCUT2D eigenvalue weighted by Gasteiger charge is -2.12. The Labute approximate surface area is 186 Å². The molecule has 1 N–H and O–H groups in total. The van der Waals surface area contributed by atoms with E-state index in [2.05, 4.69) is 42.7 Å². The van der Waals surface area contributed by atoms with Crippen molar-refractivity contribution in [2.45, 2.75) is 25.9 Å². The van der Waals surface area contributed by atoms with Gasteiger partial charge in [0.15, 0.2) is 0 Å². The van der Waals surface area contributed by atoms with E-state index in [9.17, 15) is 0 Å². The first-order valence-corrected chi connectivity index (χ1v) is 11.5. The number of aliphatic imine (C=N–C) groups is 2. The molecule has 6 heteroatoms. The predicted molar refractivity (Wildman–Crippen MR) is 127 cm³/mol. The van der Waals surface area contributed by atoms with Crippen LogP contribution in [-0.2, 0) is 9.47 Å². The van der Waals surface area contributed by atoms with Gasteiger partial charge in [-0.15, -0.1) is 11.3 Å². The molecule has 0 aliphatic carbocycles. The molecule has 0 bridgehead atoms. The molecule has 2 aromatic carbocycles. The van der Waals surface area contributed by atoms with Crippen molar-refractivity contribution >= 4 is 34.5 Å². The topological polar surface area (TPSA) is 55.2 Å². The second kappa shape index (κ2) is 8.55. The number of ether oxygens (including phenoxy) is 2. The summed E-state index contributed by atoms with van der Waals surface area (Å²) >= 11 is 1.64. The van der Waals surface area contributed by atoms with Crippen LogP contribution in [0.2, 0.25) is 0 Å². The Balaban J connectivity index is 1.41. The van der Waals surface area contributed by atoms with Crippen LogP contribution in [0.5, 0.6) is 0 Å². The maximum Gasteiger partial charge on any atom is 0.229 e. The van der Waals surface area contributed by atoms with Gasteiger partial charge in [-0.3, -0.25) is 0 Å². The van der Waals surface area contributed by atoms with Gasteiger partial charge in [0.1, 0.15) is 24.1 Å². The first kappa shape index (κ1) is 19.8. The molecule has 0 unspecified atom stereocenters. The normalized spacial score (nSPS) is 20.2. The van der Waals surface area contributed by atoms with E-state index in [0.29, 0.717) is 25.0 Å². The molecule has 0 radical (unpaired) electrons. The monoisotopic (exact) mass is 431 g/mol. The summed E-state index contributed by atoms with van der Waals surface area (Å²) in [6, 6.07) is 20.7. The molecule has 31 heavy (non-hydrogen) atoms. The Morgan fingerprint density at radius 2 is 1.65 bits per heavy atom. The van der Waals surface area contributed by atoms with Crippen LogP contribution in [0.15, 0.2) is 76.0 Å². The lowest BCUT2D eigenvalue weighted by Crippen LogP contribution is -2.13. The molecule has 2 atom stereocenters. The van der Waals surface area contributed by atoms with Crippen LogP contribution < -0.4 is 5.32 Å². The Kier molecular flexibility index (Phi) is 5.47. The van der Waals surface area contributed by atoms with Crippen molar-refractivity contribution in [3.63, 3.8) is 0 Å². The van der Waals surface area contributed by atoms with Crippen LogP contribution >= 0.6 is 11.3 Å². The Morgan fingerprint density at radius 3 is 2.45 bits per heavy atom. The third-order valence-electron chi connectivity index (χ3n) is 5.57. The van der Waals surface area contributed by atoms with Crippen LogP contribution in [-0.4, -0.2) is 31.1 Å². The standard InChI is InChI=1S/C25H25N3O2S/c1-16(2)21-14-30-25(27-21)23-20(12-13-31-23)26-19-11-7-6-10-18(19)24-28-22(15-29-24)17-8-4-3-5-9-17/h3-13,16,21-22,26H,14-15H2,1-2H3/t21-,22-/m1/s1. The van der Waals surface area contributed by atoms with E-state index in [0.717, 1.165) is 27.7 Å². The van der Waals surface area contributed by atoms with Crippen molar-refractivity contribution in [3.8, 4) is 0 Å². The summed E-state index contributed by atoms with van der Waals surface area (Å²) in [5.41, 5.74) is 4.05. The van der Waals surface area contributed by atoms with Crippen molar-refractivity contribution in [2.24, 2.45) is 15.9 Å². The second-order valence-corrected chi connectivity index (χ2v) is 8.98. The summed E-state index contributed by atoms with van der Waals surface area (Å²) in [5.74, 6) is 1.86. The SMILES string of the molecule is CC(C)[C@H]1COC(c2sccc2Nc2ccccc2C2=N[C@@H](c3ccccc3)CO2)=N1. The highest BCUT2D eigenvalue weighted by Crippen LogP contribution is 2.33. The summed E-state index contributed by atoms with van der Waals surface area (Å²) in [4.78, 5) is 10.7. The van der Waals surface area contributed by atoms with E-state index in [-0.39, 0.29) is 12.1 Å². The number of hydrogen-bond donors (Lipinski definition) is 1. The summed E-state index contributed by atoms with van der Waals surface area (Å²) in [7, 11) is 0. The lowest BCUT2D eigenvalue weighted by atomic mass is 10.1. The maximum atomic E-state index is 6.00. The molecule has 5 rings (SSSR count). The summed E-state index contributed by atoms with van der Waals surface area (Å²) in [5, 5.41) is 5.62. The zero-order valence-electron chi connectivity index (χ0n) is 17.6. The van der Waals surface area contributed by atoms with E-state index in [4.69, 9.17) is 19.5 Å². The fraction of sp³-hybridized carbons (Fsp3) is 0.280. The largest absolute Gasteiger partial charge is 0.475 e. The molecule has 158 valence electrons. The van der Waals surface area contributed by atoms with Crippen LogP contribution in [0, 0.1) is 5.92 Å². The molecule has 0 amide bonds. The third-order valence-corrected chi connectivity index (χ3v) is 6.47. The van der Waals surface area contributed by atoms with Crippen molar-refractivity contribution in [1.82, 2.24) is 0 Å². The number of rotatable bonds is 6. The number of anilines is 2. The quantitative estimate of drug-likeness (QED) is 0.536. The fourth-order valence-corrected chi connectivity index (χ4v) is 4.52. The number of benzene rings is 2. The van der Waals surface area contributed by atoms with Gasteiger partial charge < -0.3 is 14.8 Å². The van der Waals surface area contributed by atoms with Crippen molar-refractivity contribution in [3.05, 3.63) is 82.0 Å². The highest BCUT2D eigenvalue weighted by Gasteiger charge is 2.26. The molecule has 2 aliphatic heterocycles. The highest BCUT2D eigenvalue weighted by atomic mass is 32.1. The molecule has 2 aliphatic rings. The van der Waals surface area contributed by atoms with Crippen LogP contribution in [0.4, 0.5) is 11.4 Å². The average molecular weight is 432 g/mol. The Morgan fingerprint density at radius 1 is 0.871 bits per heavy atom. The van der Waals surface area contributed by atoms with E-state index in [1.807, 2.05) is 42.5 Å². The molecule has 0 saturated heterocycles. The van der Waals surface area contributed by atoms with Crippen LogP contribution in [0.25, 0.3) is 0 Å². The van der Waals surface area contributed by atoms with Gasteiger partial charge in [-0.25, -0.2) is 9.98 Å². The molecule has 1 aromatic heterocycles. The first-order valence-electron chi connectivity index (χ1n) is 10.6. The van der Waals surface area contributed by atoms with Gasteiger partial charge in [-0.2, -0.15) is 0 Å². The number of hydrogen-bond acceptors (Lipinski definition) is 6. The van der Waals surface area contributed by atoms with Gasteiger partial charge in [-0.05, 0) is 35.1 Å². The van der Waals surface area contributed by atoms with Gasteiger partial charge in [0.2, 0.25) is 11.8 Å². The van der Waals surface area contributed by atoms with Gasteiger partial charge >= 0.3 is 0 Å². The molecule has 3 aromatic rings. The van der Waals surface area contributed by atoms with E-state index in [1.54, 1.807) is 11.3 Å².